The standard InChI is InChI=1S/C34H43N3O4S/c1-26-11-17-30(18-12-26)42(39,40)37(20-8-22-41-5)25-33(38)36(24-27-13-15-29(16-14-27)34(2,3)4)21-19-28-23-35-32-10-7-6-9-31(28)32/h6-7,9-18,23,35H,8,19-22,24-25H2,1-5H3. The summed E-state index contributed by atoms with van der Waals surface area (Å²) >= 11 is 0. The summed E-state index contributed by atoms with van der Waals surface area (Å²) < 4.78 is 33.9. The first kappa shape index (κ1) is 31.5. The van der Waals surface area contributed by atoms with E-state index in [2.05, 4.69) is 56.1 Å². The number of sulfonamides is 1. The number of benzene rings is 3. The Morgan fingerprint density at radius 2 is 1.62 bits per heavy atom. The first-order valence-electron chi connectivity index (χ1n) is 14.5. The lowest BCUT2D eigenvalue weighted by Crippen LogP contribution is -2.43. The second kappa shape index (κ2) is 13.7. The number of para-hydroxylation sites is 1. The number of fused-ring (bicyclic) bond motifs is 1. The average molecular weight is 590 g/mol. The highest BCUT2D eigenvalue weighted by molar-refractivity contribution is 7.89. The summed E-state index contributed by atoms with van der Waals surface area (Å²) in [5.41, 5.74) is 5.39. The van der Waals surface area contributed by atoms with Gasteiger partial charge in [-0.2, -0.15) is 4.31 Å². The van der Waals surface area contributed by atoms with Gasteiger partial charge in [-0.3, -0.25) is 4.79 Å². The molecule has 42 heavy (non-hydrogen) atoms. The molecule has 1 N–H and O–H groups in total. The van der Waals surface area contributed by atoms with E-state index in [1.165, 1.54) is 9.87 Å². The van der Waals surface area contributed by atoms with Crippen LogP contribution >= 0.6 is 0 Å². The number of hydrogen-bond donors (Lipinski definition) is 1. The number of rotatable bonds is 13. The third kappa shape index (κ3) is 7.88. The first-order valence-corrected chi connectivity index (χ1v) is 15.9. The number of aromatic nitrogens is 1. The van der Waals surface area contributed by atoms with Crippen molar-refractivity contribution in [2.24, 2.45) is 0 Å². The van der Waals surface area contributed by atoms with Crippen molar-refractivity contribution in [2.75, 3.05) is 33.4 Å². The Labute approximate surface area is 250 Å². The van der Waals surface area contributed by atoms with Gasteiger partial charge in [0.1, 0.15) is 0 Å². The van der Waals surface area contributed by atoms with Crippen LogP contribution in [0.25, 0.3) is 10.9 Å². The molecule has 0 saturated carbocycles. The Balaban J connectivity index is 1.60. The Morgan fingerprint density at radius 3 is 2.29 bits per heavy atom. The molecular weight excluding hydrogens is 546 g/mol. The van der Waals surface area contributed by atoms with Crippen LogP contribution in [0.1, 0.15) is 49.4 Å². The zero-order valence-electron chi connectivity index (χ0n) is 25.4. The molecule has 1 amide bonds. The minimum Gasteiger partial charge on any atom is -0.385 e. The van der Waals surface area contributed by atoms with Gasteiger partial charge in [-0.25, -0.2) is 8.42 Å². The van der Waals surface area contributed by atoms with Crippen LogP contribution in [0.5, 0.6) is 0 Å². The fourth-order valence-corrected chi connectivity index (χ4v) is 6.42. The number of nitrogens with one attached hydrogen (secondary N) is 1. The molecule has 0 aliphatic rings. The SMILES string of the molecule is COCCCN(CC(=O)N(CCc1c[nH]c2ccccc12)Cc1ccc(C(C)(C)C)cc1)S(=O)(=O)c1ccc(C)cc1. The smallest absolute Gasteiger partial charge is 0.243 e. The Hall–Kier alpha value is -3.46. The number of carbonyl (C=O) groups is 1. The number of hydrogen-bond acceptors (Lipinski definition) is 4. The normalized spacial score (nSPS) is 12.2. The van der Waals surface area contributed by atoms with Crippen LogP contribution in [0.15, 0.2) is 83.9 Å². The number of aromatic amines is 1. The second-order valence-electron chi connectivity index (χ2n) is 11.9. The number of nitrogens with zero attached hydrogens (tertiary/aromatic N) is 2. The van der Waals surface area contributed by atoms with Crippen molar-refractivity contribution < 1.29 is 17.9 Å². The summed E-state index contributed by atoms with van der Waals surface area (Å²) in [6, 6.07) is 23.2. The van der Waals surface area contributed by atoms with Crippen LogP contribution in [-0.4, -0.2) is 61.9 Å². The van der Waals surface area contributed by atoms with Crippen molar-refractivity contribution in [3.63, 3.8) is 0 Å². The fourth-order valence-electron chi connectivity index (χ4n) is 5.00. The molecule has 224 valence electrons. The van der Waals surface area contributed by atoms with Gasteiger partial charge in [0.25, 0.3) is 0 Å². The van der Waals surface area contributed by atoms with Gasteiger partial charge in [-0.05, 0) is 60.1 Å². The fraction of sp³-hybridized carbons (Fsp3) is 0.382. The van der Waals surface area contributed by atoms with Crippen molar-refractivity contribution >= 4 is 26.8 Å². The summed E-state index contributed by atoms with van der Waals surface area (Å²) in [7, 11) is -2.30. The van der Waals surface area contributed by atoms with E-state index in [1.54, 1.807) is 36.3 Å². The molecule has 0 atom stereocenters. The number of methoxy groups -OCH3 is 1. The van der Waals surface area contributed by atoms with Gasteiger partial charge in [0.15, 0.2) is 0 Å². The third-order valence-corrected chi connectivity index (χ3v) is 9.46. The zero-order valence-corrected chi connectivity index (χ0v) is 26.2. The van der Waals surface area contributed by atoms with Crippen LogP contribution in [0.4, 0.5) is 0 Å². The highest BCUT2D eigenvalue weighted by atomic mass is 32.2. The van der Waals surface area contributed by atoms with Gasteiger partial charge in [-0.15, -0.1) is 0 Å². The highest BCUT2D eigenvalue weighted by Gasteiger charge is 2.28. The predicted molar refractivity (Wildman–Crippen MR) is 169 cm³/mol. The largest absolute Gasteiger partial charge is 0.385 e. The molecule has 0 bridgehead atoms. The van der Waals surface area contributed by atoms with Crippen molar-refractivity contribution in [1.82, 2.24) is 14.2 Å². The summed E-state index contributed by atoms with van der Waals surface area (Å²) in [6.07, 6.45) is 3.12. The predicted octanol–water partition coefficient (Wildman–Crippen LogP) is 6.07. The Bertz CT molecular complexity index is 1570. The lowest BCUT2D eigenvalue weighted by molar-refractivity contribution is -0.132. The molecule has 0 saturated heterocycles. The molecule has 4 aromatic rings. The maximum absolute atomic E-state index is 14.0. The molecule has 0 aliphatic heterocycles. The maximum atomic E-state index is 14.0. The van der Waals surface area contributed by atoms with E-state index in [-0.39, 0.29) is 29.3 Å². The minimum absolute atomic E-state index is 0.0242. The van der Waals surface area contributed by atoms with Crippen molar-refractivity contribution in [3.05, 3.63) is 101 Å². The number of ether oxygens (including phenoxy) is 1. The van der Waals surface area contributed by atoms with Gasteiger partial charge < -0.3 is 14.6 Å². The zero-order chi connectivity index (χ0) is 30.3. The van der Waals surface area contributed by atoms with Crippen molar-refractivity contribution in [3.8, 4) is 0 Å². The quantitative estimate of drug-likeness (QED) is 0.192. The Kier molecular flexibility index (Phi) is 10.2. The van der Waals surface area contributed by atoms with Crippen LogP contribution in [-0.2, 0) is 37.9 Å². The van der Waals surface area contributed by atoms with E-state index in [0.717, 1.165) is 27.6 Å². The second-order valence-corrected chi connectivity index (χ2v) is 13.8. The lowest BCUT2D eigenvalue weighted by atomic mass is 9.87. The van der Waals surface area contributed by atoms with E-state index in [9.17, 15) is 13.2 Å². The van der Waals surface area contributed by atoms with E-state index >= 15 is 0 Å². The van der Waals surface area contributed by atoms with E-state index in [0.29, 0.717) is 32.5 Å². The van der Waals surface area contributed by atoms with Crippen LogP contribution < -0.4 is 0 Å². The molecule has 0 aliphatic carbocycles. The molecule has 1 aromatic heterocycles. The van der Waals surface area contributed by atoms with Gasteiger partial charge in [-0.1, -0.05) is 80.9 Å². The number of amides is 1. The molecule has 8 heteroatoms. The molecular formula is C34H43N3O4S. The average Bonchev–Trinajstić information content (AvgIpc) is 3.37. The van der Waals surface area contributed by atoms with Crippen LogP contribution in [0.3, 0.4) is 0 Å². The molecule has 1 heterocycles. The van der Waals surface area contributed by atoms with Crippen molar-refractivity contribution in [1.29, 1.82) is 0 Å². The first-order chi connectivity index (χ1) is 20.0. The van der Waals surface area contributed by atoms with Gasteiger partial charge in [0.2, 0.25) is 15.9 Å². The number of aryl methyl sites for hydroxylation is 1. The van der Waals surface area contributed by atoms with E-state index in [4.69, 9.17) is 4.74 Å². The molecule has 0 unspecified atom stereocenters. The van der Waals surface area contributed by atoms with Gasteiger partial charge in [0.05, 0.1) is 11.4 Å². The molecule has 0 fully saturated rings. The maximum Gasteiger partial charge on any atom is 0.243 e. The molecule has 0 radical (unpaired) electrons. The highest BCUT2D eigenvalue weighted by Crippen LogP contribution is 2.24. The number of H-pyrrole nitrogens is 1. The molecule has 0 spiro atoms. The topological polar surface area (TPSA) is 82.7 Å². The molecule has 3 aromatic carbocycles. The molecule has 4 rings (SSSR count). The van der Waals surface area contributed by atoms with Crippen LogP contribution in [0, 0.1) is 6.92 Å². The monoisotopic (exact) mass is 589 g/mol. The lowest BCUT2D eigenvalue weighted by Gasteiger charge is -2.28. The third-order valence-electron chi connectivity index (χ3n) is 7.60. The van der Waals surface area contributed by atoms with Gasteiger partial charge in [0, 0.05) is 50.5 Å². The molecule has 7 nitrogen and oxygen atoms in total. The Morgan fingerprint density at radius 1 is 0.929 bits per heavy atom. The summed E-state index contributed by atoms with van der Waals surface area (Å²) in [6.45, 7) is 9.62. The summed E-state index contributed by atoms with van der Waals surface area (Å²) in [5.74, 6) is -0.233. The van der Waals surface area contributed by atoms with Crippen molar-refractivity contribution in [2.45, 2.75) is 57.4 Å². The van der Waals surface area contributed by atoms with E-state index in [1.807, 2.05) is 31.3 Å². The van der Waals surface area contributed by atoms with E-state index < -0.39 is 10.0 Å². The minimum atomic E-state index is -3.88. The summed E-state index contributed by atoms with van der Waals surface area (Å²) in [5, 5.41) is 1.13. The number of carbonyl (C=O) groups excluding carboxylic acids is 1. The van der Waals surface area contributed by atoms with Gasteiger partial charge >= 0.3 is 0 Å². The van der Waals surface area contributed by atoms with Crippen LogP contribution in [0.2, 0.25) is 0 Å². The summed E-state index contributed by atoms with van der Waals surface area (Å²) in [4.78, 5) is 19.2.